The average Bonchev–Trinajstić information content (AvgIpc) is 2.90. The summed E-state index contributed by atoms with van der Waals surface area (Å²) in [5, 5.41) is 0. The molecule has 1 aliphatic rings. The third-order valence-corrected chi connectivity index (χ3v) is 2.76. The van der Waals surface area contributed by atoms with Gasteiger partial charge >= 0.3 is 5.97 Å². The highest BCUT2D eigenvalue weighted by Crippen LogP contribution is 2.21. The predicted octanol–water partition coefficient (Wildman–Crippen LogP) is 0.866. The van der Waals surface area contributed by atoms with E-state index >= 15 is 0 Å². The lowest BCUT2D eigenvalue weighted by molar-refractivity contribution is 0.0592. The molecular formula is C12H16N2O4. The lowest BCUT2D eigenvalue weighted by atomic mass is 10.1. The van der Waals surface area contributed by atoms with Gasteiger partial charge in [-0.2, -0.15) is 0 Å². The van der Waals surface area contributed by atoms with Crippen LogP contribution >= 0.6 is 0 Å². The van der Waals surface area contributed by atoms with Crippen LogP contribution in [0.5, 0.6) is 5.88 Å². The third-order valence-electron chi connectivity index (χ3n) is 2.76. The number of nitrogens with two attached hydrogens (primary N) is 1. The van der Waals surface area contributed by atoms with Gasteiger partial charge in [-0.25, -0.2) is 9.78 Å². The molecule has 18 heavy (non-hydrogen) atoms. The van der Waals surface area contributed by atoms with E-state index in [2.05, 4.69) is 9.72 Å². The molecule has 1 atom stereocenters. The number of carbonyl (C=O) groups excluding carboxylic acids is 1. The molecule has 1 aliphatic heterocycles. The minimum Gasteiger partial charge on any atom is -0.476 e. The number of esters is 1. The molecule has 1 saturated heterocycles. The van der Waals surface area contributed by atoms with E-state index in [9.17, 15) is 4.79 Å². The Kier molecular flexibility index (Phi) is 3.99. The van der Waals surface area contributed by atoms with Crippen LogP contribution in [0.15, 0.2) is 12.1 Å². The van der Waals surface area contributed by atoms with Crippen LogP contribution < -0.4 is 10.5 Å². The first-order valence-electron chi connectivity index (χ1n) is 5.76. The molecular weight excluding hydrogens is 236 g/mol. The molecule has 6 heteroatoms. The number of hydrogen-bond donors (Lipinski definition) is 1. The largest absolute Gasteiger partial charge is 0.476 e. The highest BCUT2D eigenvalue weighted by atomic mass is 16.5. The molecule has 2 heterocycles. The van der Waals surface area contributed by atoms with Crippen molar-refractivity contribution in [3.05, 3.63) is 17.8 Å². The van der Waals surface area contributed by atoms with Crippen LogP contribution in [0.3, 0.4) is 0 Å². The number of aromatic nitrogens is 1. The summed E-state index contributed by atoms with van der Waals surface area (Å²) >= 11 is 0. The van der Waals surface area contributed by atoms with Crippen molar-refractivity contribution in [3.63, 3.8) is 0 Å². The summed E-state index contributed by atoms with van der Waals surface area (Å²) in [4.78, 5) is 15.4. The van der Waals surface area contributed by atoms with Crippen LogP contribution in [0.25, 0.3) is 0 Å². The van der Waals surface area contributed by atoms with E-state index in [4.69, 9.17) is 15.2 Å². The van der Waals surface area contributed by atoms with Gasteiger partial charge < -0.3 is 19.9 Å². The molecule has 0 bridgehead atoms. The first kappa shape index (κ1) is 12.6. The minimum absolute atomic E-state index is 0.185. The van der Waals surface area contributed by atoms with Crippen molar-refractivity contribution in [1.29, 1.82) is 0 Å². The Morgan fingerprint density at radius 2 is 2.44 bits per heavy atom. The molecule has 1 unspecified atom stereocenters. The van der Waals surface area contributed by atoms with Gasteiger partial charge in [0.15, 0.2) is 5.69 Å². The minimum atomic E-state index is -0.510. The lowest BCUT2D eigenvalue weighted by Crippen LogP contribution is -2.14. The molecule has 2 N–H and O–H groups in total. The molecule has 2 rings (SSSR count). The highest BCUT2D eigenvalue weighted by molar-refractivity contribution is 5.87. The van der Waals surface area contributed by atoms with Crippen LogP contribution in [0, 0.1) is 5.92 Å². The predicted molar refractivity (Wildman–Crippen MR) is 64.4 cm³/mol. The second kappa shape index (κ2) is 5.68. The summed E-state index contributed by atoms with van der Waals surface area (Å²) in [7, 11) is 1.30. The molecule has 6 nitrogen and oxygen atoms in total. The monoisotopic (exact) mass is 252 g/mol. The normalized spacial score (nSPS) is 18.6. The van der Waals surface area contributed by atoms with E-state index in [0.717, 1.165) is 13.0 Å². The SMILES string of the molecule is COC(=O)c1ccc(N)c(OCC2CCOC2)n1. The van der Waals surface area contributed by atoms with E-state index < -0.39 is 5.97 Å². The summed E-state index contributed by atoms with van der Waals surface area (Å²) in [6.07, 6.45) is 0.969. The Bertz CT molecular complexity index is 430. The van der Waals surface area contributed by atoms with Crippen molar-refractivity contribution in [3.8, 4) is 5.88 Å². The van der Waals surface area contributed by atoms with Gasteiger partial charge in [0.1, 0.15) is 0 Å². The van der Waals surface area contributed by atoms with Gasteiger partial charge in [0.05, 0.1) is 26.0 Å². The van der Waals surface area contributed by atoms with Crippen molar-refractivity contribution in [2.24, 2.45) is 5.92 Å². The van der Waals surface area contributed by atoms with E-state index in [1.54, 1.807) is 6.07 Å². The maximum atomic E-state index is 11.3. The average molecular weight is 252 g/mol. The van der Waals surface area contributed by atoms with Gasteiger partial charge in [-0.05, 0) is 18.6 Å². The zero-order valence-corrected chi connectivity index (χ0v) is 10.2. The quantitative estimate of drug-likeness (QED) is 0.800. The molecule has 0 radical (unpaired) electrons. The Morgan fingerprint density at radius 1 is 1.61 bits per heavy atom. The van der Waals surface area contributed by atoms with Crippen LogP contribution in [0.1, 0.15) is 16.9 Å². The molecule has 0 aromatic carbocycles. The molecule has 1 aromatic heterocycles. The van der Waals surface area contributed by atoms with Crippen LogP contribution in [-0.2, 0) is 9.47 Å². The molecule has 0 amide bonds. The van der Waals surface area contributed by atoms with Crippen LogP contribution in [-0.4, -0.2) is 37.9 Å². The van der Waals surface area contributed by atoms with Crippen molar-refractivity contribution < 1.29 is 19.0 Å². The number of methoxy groups -OCH3 is 1. The molecule has 0 saturated carbocycles. The van der Waals surface area contributed by atoms with Gasteiger partial charge in [0.2, 0.25) is 5.88 Å². The topological polar surface area (TPSA) is 83.7 Å². The molecule has 0 aliphatic carbocycles. The molecule has 1 aromatic rings. The van der Waals surface area contributed by atoms with Crippen molar-refractivity contribution in [1.82, 2.24) is 4.98 Å². The van der Waals surface area contributed by atoms with Gasteiger partial charge in [-0.3, -0.25) is 0 Å². The fourth-order valence-electron chi connectivity index (χ4n) is 1.70. The number of rotatable bonds is 4. The zero-order chi connectivity index (χ0) is 13.0. The summed E-state index contributed by atoms with van der Waals surface area (Å²) in [6, 6.07) is 3.09. The van der Waals surface area contributed by atoms with Crippen molar-refractivity contribution >= 4 is 11.7 Å². The number of hydrogen-bond acceptors (Lipinski definition) is 6. The second-order valence-electron chi connectivity index (χ2n) is 4.12. The second-order valence-corrected chi connectivity index (χ2v) is 4.12. The van der Waals surface area contributed by atoms with E-state index in [1.165, 1.54) is 13.2 Å². The third kappa shape index (κ3) is 2.89. The van der Waals surface area contributed by atoms with Gasteiger partial charge in [-0.15, -0.1) is 0 Å². The molecule has 1 fully saturated rings. The highest BCUT2D eigenvalue weighted by Gasteiger charge is 2.18. The van der Waals surface area contributed by atoms with Crippen LogP contribution in [0.2, 0.25) is 0 Å². The van der Waals surface area contributed by atoms with Crippen LogP contribution in [0.4, 0.5) is 5.69 Å². The van der Waals surface area contributed by atoms with E-state index in [1.807, 2.05) is 0 Å². The Hall–Kier alpha value is -1.82. The smallest absolute Gasteiger partial charge is 0.356 e. The zero-order valence-electron chi connectivity index (χ0n) is 10.2. The Balaban J connectivity index is 2.03. The van der Waals surface area contributed by atoms with E-state index in [-0.39, 0.29) is 11.6 Å². The van der Waals surface area contributed by atoms with Crippen molar-refractivity contribution in [2.75, 3.05) is 32.7 Å². The van der Waals surface area contributed by atoms with Gasteiger partial charge in [0.25, 0.3) is 0 Å². The standard InChI is InChI=1S/C12H16N2O4/c1-16-12(15)10-3-2-9(13)11(14-10)18-7-8-4-5-17-6-8/h2-3,8H,4-7,13H2,1H3. The number of ether oxygens (including phenoxy) is 3. The summed E-state index contributed by atoms with van der Waals surface area (Å²) < 4.78 is 15.4. The number of carbonyl (C=O) groups is 1. The first-order chi connectivity index (χ1) is 8.70. The number of pyridine rings is 1. The summed E-state index contributed by atoms with van der Waals surface area (Å²) in [5.74, 6) is 0.113. The maximum absolute atomic E-state index is 11.3. The Labute approximate surface area is 105 Å². The lowest BCUT2D eigenvalue weighted by Gasteiger charge is -2.11. The molecule has 98 valence electrons. The number of nitrogen functional groups attached to an aromatic ring is 1. The summed E-state index contributed by atoms with van der Waals surface area (Å²) in [5.41, 5.74) is 6.33. The van der Waals surface area contributed by atoms with Crippen molar-refractivity contribution in [2.45, 2.75) is 6.42 Å². The number of nitrogens with zero attached hydrogens (tertiary/aromatic N) is 1. The maximum Gasteiger partial charge on any atom is 0.356 e. The van der Waals surface area contributed by atoms with Gasteiger partial charge in [-0.1, -0.05) is 0 Å². The molecule has 0 spiro atoms. The van der Waals surface area contributed by atoms with Gasteiger partial charge in [0, 0.05) is 12.5 Å². The fourth-order valence-corrected chi connectivity index (χ4v) is 1.70. The first-order valence-corrected chi connectivity index (χ1v) is 5.76. The Morgan fingerprint density at radius 3 is 3.11 bits per heavy atom. The fraction of sp³-hybridized carbons (Fsp3) is 0.500. The summed E-state index contributed by atoms with van der Waals surface area (Å²) in [6.45, 7) is 1.94. The number of anilines is 1. The van der Waals surface area contributed by atoms with E-state index in [0.29, 0.717) is 24.8 Å².